The van der Waals surface area contributed by atoms with Gasteiger partial charge in [-0.25, -0.2) is 9.97 Å². The van der Waals surface area contributed by atoms with Crippen LogP contribution in [0.4, 0.5) is 5.82 Å². The molecule has 118 valence electrons. The van der Waals surface area contributed by atoms with E-state index in [0.29, 0.717) is 19.1 Å². The Morgan fingerprint density at radius 3 is 2.73 bits per heavy atom. The van der Waals surface area contributed by atoms with Gasteiger partial charge in [-0.3, -0.25) is 4.79 Å². The fraction of sp³-hybridized carbons (Fsp3) is 0.688. The van der Waals surface area contributed by atoms with Gasteiger partial charge in [0, 0.05) is 43.9 Å². The molecule has 3 fully saturated rings. The monoisotopic (exact) mass is 302 g/mol. The predicted molar refractivity (Wildman–Crippen MR) is 81.7 cm³/mol. The van der Waals surface area contributed by atoms with Gasteiger partial charge in [-0.2, -0.15) is 0 Å². The Kier molecular flexibility index (Phi) is 3.70. The van der Waals surface area contributed by atoms with Gasteiger partial charge in [0.25, 0.3) is 0 Å². The minimum Gasteiger partial charge on any atom is -0.378 e. The predicted octanol–water partition coefficient (Wildman–Crippen LogP) is 1.04. The van der Waals surface area contributed by atoms with Crippen LogP contribution in [0.15, 0.2) is 12.4 Å². The van der Waals surface area contributed by atoms with Gasteiger partial charge in [0.1, 0.15) is 12.1 Å². The van der Waals surface area contributed by atoms with Gasteiger partial charge in [0.15, 0.2) is 0 Å². The van der Waals surface area contributed by atoms with Gasteiger partial charge in [0.05, 0.1) is 19.1 Å². The van der Waals surface area contributed by atoms with Crippen molar-refractivity contribution in [1.82, 2.24) is 14.9 Å². The van der Waals surface area contributed by atoms with Crippen LogP contribution in [0, 0.1) is 5.92 Å². The lowest BCUT2D eigenvalue weighted by molar-refractivity contribution is -0.138. The fourth-order valence-corrected chi connectivity index (χ4v) is 3.35. The molecule has 2 saturated heterocycles. The van der Waals surface area contributed by atoms with E-state index in [0.717, 1.165) is 44.1 Å². The number of carbonyl (C=O) groups is 1. The first-order chi connectivity index (χ1) is 10.8. The molecule has 0 N–H and O–H groups in total. The molecule has 22 heavy (non-hydrogen) atoms. The summed E-state index contributed by atoms with van der Waals surface area (Å²) in [7, 11) is 0. The zero-order valence-corrected chi connectivity index (χ0v) is 12.8. The Bertz CT molecular complexity index is 555. The van der Waals surface area contributed by atoms with Crippen LogP contribution in [0.3, 0.4) is 0 Å². The molecular formula is C16H22N4O2. The van der Waals surface area contributed by atoms with Crippen molar-refractivity contribution in [2.45, 2.75) is 25.2 Å². The second-order valence-electron chi connectivity index (χ2n) is 6.44. The highest BCUT2D eigenvalue weighted by molar-refractivity contribution is 5.80. The largest absolute Gasteiger partial charge is 0.378 e. The van der Waals surface area contributed by atoms with Crippen molar-refractivity contribution < 1.29 is 9.53 Å². The summed E-state index contributed by atoms with van der Waals surface area (Å²) in [6.45, 7) is 4.47. The molecule has 3 heterocycles. The third-order valence-corrected chi connectivity index (χ3v) is 4.85. The molecule has 6 heteroatoms. The Hall–Kier alpha value is -1.69. The summed E-state index contributed by atoms with van der Waals surface area (Å²) in [4.78, 5) is 25.5. The summed E-state index contributed by atoms with van der Waals surface area (Å²) in [6.07, 6.45) is 5.07. The lowest BCUT2D eigenvalue weighted by atomic mass is 10.1. The molecule has 2 aliphatic heterocycles. The maximum Gasteiger partial charge on any atom is 0.227 e. The highest BCUT2D eigenvalue weighted by Crippen LogP contribution is 2.39. The number of hydrogen-bond acceptors (Lipinski definition) is 5. The number of anilines is 1. The van der Waals surface area contributed by atoms with Gasteiger partial charge < -0.3 is 14.5 Å². The van der Waals surface area contributed by atoms with Crippen molar-refractivity contribution in [3.8, 4) is 0 Å². The normalized spacial score (nSPS) is 25.5. The van der Waals surface area contributed by atoms with Gasteiger partial charge >= 0.3 is 0 Å². The van der Waals surface area contributed by atoms with E-state index >= 15 is 0 Å². The number of ether oxygens (including phenoxy) is 1. The van der Waals surface area contributed by atoms with E-state index in [-0.39, 0.29) is 11.8 Å². The lowest BCUT2D eigenvalue weighted by Crippen LogP contribution is -2.44. The Balaban J connectivity index is 1.41. The maximum atomic E-state index is 12.6. The summed E-state index contributed by atoms with van der Waals surface area (Å²) in [5, 5.41) is 0. The van der Waals surface area contributed by atoms with Crippen molar-refractivity contribution in [3.05, 3.63) is 18.1 Å². The molecule has 0 radical (unpaired) electrons. The number of amides is 1. The number of hydrogen-bond donors (Lipinski definition) is 0. The second-order valence-corrected chi connectivity index (χ2v) is 6.44. The Labute approximate surface area is 130 Å². The molecular weight excluding hydrogens is 280 g/mol. The van der Waals surface area contributed by atoms with Crippen molar-refractivity contribution in [2.24, 2.45) is 5.92 Å². The van der Waals surface area contributed by atoms with Crippen LogP contribution in [-0.2, 0) is 9.53 Å². The first kappa shape index (κ1) is 13.9. The van der Waals surface area contributed by atoms with Crippen LogP contribution < -0.4 is 4.90 Å². The molecule has 1 aromatic rings. The van der Waals surface area contributed by atoms with Crippen molar-refractivity contribution in [3.63, 3.8) is 0 Å². The maximum absolute atomic E-state index is 12.6. The summed E-state index contributed by atoms with van der Waals surface area (Å²) in [6, 6.07) is 2.11. The number of rotatable bonds is 3. The van der Waals surface area contributed by atoms with E-state index < -0.39 is 0 Å². The lowest BCUT2D eigenvalue weighted by Gasteiger charge is -2.29. The standard InChI is InChI=1S/C16H22N4O2/c21-16(19-5-7-22-8-6-19)13-3-4-20(10-13)15-9-14(12-1-2-12)17-11-18-15/h9,11-13H,1-8,10H2. The fourth-order valence-electron chi connectivity index (χ4n) is 3.35. The second kappa shape index (κ2) is 5.83. The third kappa shape index (κ3) is 2.79. The van der Waals surface area contributed by atoms with Crippen LogP contribution in [-0.4, -0.2) is 60.2 Å². The Morgan fingerprint density at radius 2 is 1.95 bits per heavy atom. The average molecular weight is 302 g/mol. The first-order valence-electron chi connectivity index (χ1n) is 8.24. The van der Waals surface area contributed by atoms with Crippen LogP contribution in [0.2, 0.25) is 0 Å². The molecule has 1 saturated carbocycles. The highest BCUT2D eigenvalue weighted by Gasteiger charge is 2.33. The molecule has 1 aliphatic carbocycles. The highest BCUT2D eigenvalue weighted by atomic mass is 16.5. The van der Waals surface area contributed by atoms with Crippen LogP contribution in [0.25, 0.3) is 0 Å². The van der Waals surface area contributed by atoms with Crippen molar-refractivity contribution in [2.75, 3.05) is 44.3 Å². The molecule has 1 unspecified atom stereocenters. The van der Waals surface area contributed by atoms with Crippen molar-refractivity contribution in [1.29, 1.82) is 0 Å². The molecule has 0 aromatic carbocycles. The van der Waals surface area contributed by atoms with E-state index in [1.165, 1.54) is 12.8 Å². The number of morpholine rings is 1. The van der Waals surface area contributed by atoms with E-state index in [1.54, 1.807) is 6.33 Å². The smallest absolute Gasteiger partial charge is 0.227 e. The summed E-state index contributed by atoms with van der Waals surface area (Å²) < 4.78 is 5.32. The zero-order chi connectivity index (χ0) is 14.9. The SMILES string of the molecule is O=C(C1CCN(c2cc(C3CC3)ncn2)C1)N1CCOCC1. The summed E-state index contributed by atoms with van der Waals surface area (Å²) in [5.74, 6) is 1.99. The van der Waals surface area contributed by atoms with Crippen LogP contribution >= 0.6 is 0 Å². The van der Waals surface area contributed by atoms with E-state index in [9.17, 15) is 4.79 Å². The zero-order valence-electron chi connectivity index (χ0n) is 12.8. The molecule has 1 aromatic heterocycles. The van der Waals surface area contributed by atoms with E-state index in [4.69, 9.17) is 4.74 Å². The van der Waals surface area contributed by atoms with Gasteiger partial charge in [-0.1, -0.05) is 0 Å². The van der Waals surface area contributed by atoms with Gasteiger partial charge in [-0.05, 0) is 19.3 Å². The summed E-state index contributed by atoms with van der Waals surface area (Å²) >= 11 is 0. The minimum absolute atomic E-state index is 0.0949. The third-order valence-electron chi connectivity index (χ3n) is 4.85. The Morgan fingerprint density at radius 1 is 1.14 bits per heavy atom. The van der Waals surface area contributed by atoms with E-state index in [2.05, 4.69) is 20.9 Å². The quantitative estimate of drug-likeness (QED) is 0.835. The molecule has 0 bridgehead atoms. The topological polar surface area (TPSA) is 58.6 Å². The molecule has 1 amide bonds. The van der Waals surface area contributed by atoms with Crippen molar-refractivity contribution >= 4 is 11.7 Å². The average Bonchev–Trinajstić information content (AvgIpc) is 3.32. The minimum atomic E-state index is 0.0949. The molecule has 4 rings (SSSR count). The molecule has 6 nitrogen and oxygen atoms in total. The summed E-state index contributed by atoms with van der Waals surface area (Å²) in [5.41, 5.74) is 1.16. The van der Waals surface area contributed by atoms with Crippen LogP contribution in [0.1, 0.15) is 30.9 Å². The molecule has 3 aliphatic rings. The molecule has 0 spiro atoms. The number of aromatic nitrogens is 2. The van der Waals surface area contributed by atoms with Gasteiger partial charge in [-0.15, -0.1) is 0 Å². The number of nitrogens with zero attached hydrogens (tertiary/aromatic N) is 4. The van der Waals surface area contributed by atoms with Gasteiger partial charge in [0.2, 0.25) is 5.91 Å². The van der Waals surface area contributed by atoms with E-state index in [1.807, 2.05) is 4.90 Å². The molecule has 1 atom stereocenters. The number of carbonyl (C=O) groups excluding carboxylic acids is 1. The first-order valence-corrected chi connectivity index (χ1v) is 8.24. The van der Waals surface area contributed by atoms with Crippen LogP contribution in [0.5, 0.6) is 0 Å².